The Hall–Kier alpha value is -6.19. The van der Waals surface area contributed by atoms with Crippen LogP contribution in [0.4, 0.5) is 0 Å². The summed E-state index contributed by atoms with van der Waals surface area (Å²) in [6.07, 6.45) is 5.35. The highest BCUT2D eigenvalue weighted by Crippen LogP contribution is 2.49. The van der Waals surface area contributed by atoms with Crippen molar-refractivity contribution in [2.45, 2.75) is 12.5 Å². The topological polar surface area (TPSA) is 22.8 Å². The van der Waals surface area contributed by atoms with Crippen LogP contribution in [0.3, 0.4) is 0 Å². The summed E-state index contributed by atoms with van der Waals surface area (Å²) in [6, 6.07) is 53.5. The summed E-state index contributed by atoms with van der Waals surface area (Å²) in [5.41, 5.74) is 16.3. The van der Waals surface area contributed by atoms with Gasteiger partial charge in [0.2, 0.25) is 0 Å². The van der Waals surface area contributed by atoms with Gasteiger partial charge in [0.1, 0.15) is 0 Å². The summed E-state index contributed by atoms with van der Waals surface area (Å²) in [4.78, 5) is 4.87. The molecule has 0 saturated carbocycles. The van der Waals surface area contributed by atoms with Crippen molar-refractivity contribution >= 4 is 49.2 Å². The molecule has 3 heteroatoms. The molecule has 2 aliphatic carbocycles. The first-order valence-electron chi connectivity index (χ1n) is 16.7. The van der Waals surface area contributed by atoms with Crippen molar-refractivity contribution in [2.75, 3.05) is 0 Å². The van der Waals surface area contributed by atoms with Crippen LogP contribution < -0.4 is 0 Å². The largest absolute Gasteiger partial charge is 0.333 e. The van der Waals surface area contributed by atoms with Crippen LogP contribution >= 0.6 is 0 Å². The molecule has 3 aromatic heterocycles. The third-order valence-electron chi connectivity index (χ3n) is 10.6. The molecule has 2 aliphatic rings. The zero-order valence-electron chi connectivity index (χ0n) is 26.1. The van der Waals surface area contributed by atoms with Gasteiger partial charge in [0.15, 0.2) is 0 Å². The minimum Gasteiger partial charge on any atom is -0.333 e. The molecular weight excluding hydrogens is 583 g/mol. The van der Waals surface area contributed by atoms with Crippen LogP contribution in [0, 0.1) is 0 Å². The molecule has 6 aromatic carbocycles. The average Bonchev–Trinajstić information content (AvgIpc) is 3.78. The van der Waals surface area contributed by atoms with Gasteiger partial charge < -0.3 is 9.13 Å². The molecule has 0 saturated heterocycles. The highest BCUT2D eigenvalue weighted by atomic mass is 15.0. The number of allylic oxidation sites excluding steroid dienone is 1. The van der Waals surface area contributed by atoms with E-state index in [0.717, 1.165) is 12.1 Å². The van der Waals surface area contributed by atoms with Gasteiger partial charge in [0.05, 0.1) is 22.8 Å². The first-order chi connectivity index (χ1) is 23.8. The number of pyridine rings is 1. The molecule has 0 fully saturated rings. The quantitative estimate of drug-likeness (QED) is 0.195. The van der Waals surface area contributed by atoms with Gasteiger partial charge in [-0.25, -0.2) is 0 Å². The highest BCUT2D eigenvalue weighted by molar-refractivity contribution is 6.12. The Morgan fingerprint density at radius 3 is 2.00 bits per heavy atom. The fraction of sp³-hybridized carbons (Fsp3) is 0.0444. The van der Waals surface area contributed by atoms with E-state index in [1.807, 2.05) is 6.20 Å². The third-order valence-corrected chi connectivity index (χ3v) is 10.6. The number of para-hydroxylation sites is 3. The Bertz CT molecular complexity index is 2810. The molecule has 3 nitrogen and oxygen atoms in total. The van der Waals surface area contributed by atoms with E-state index in [4.69, 9.17) is 4.98 Å². The first-order valence-corrected chi connectivity index (χ1v) is 16.7. The summed E-state index contributed by atoms with van der Waals surface area (Å²) < 4.78 is 4.94. The van der Waals surface area contributed by atoms with Crippen LogP contribution in [0.1, 0.15) is 22.9 Å². The second kappa shape index (κ2) is 9.66. The molecule has 0 spiro atoms. The lowest BCUT2D eigenvalue weighted by Gasteiger charge is -2.25. The van der Waals surface area contributed by atoms with Crippen LogP contribution in [0.5, 0.6) is 0 Å². The SMILES string of the molecule is C1=C2c3ncccc3-c3cccc(c32)CC1n1c2ccccc2c2cc(-c3ccc4c(c3)c3ccccc3n4-c3ccccc3)ccc21. The molecule has 0 amide bonds. The fourth-order valence-corrected chi connectivity index (χ4v) is 8.62. The molecule has 224 valence electrons. The van der Waals surface area contributed by atoms with Gasteiger partial charge in [-0.15, -0.1) is 0 Å². The standard InChI is InChI=1S/C45H29N3/c1-2-11-31(12-3-1)47-40-17-6-4-13-33(40)37-25-28(19-21-42(37)47)29-20-22-43-38(26-29)34-14-5-7-18-41(34)48(43)32-24-30-10-8-15-35-36-16-9-23-46-45(36)39(27-32)44(30)35/h1-23,25-27,32H,24H2. The molecule has 1 unspecified atom stereocenters. The first kappa shape index (κ1) is 25.9. The van der Waals surface area contributed by atoms with Crippen molar-refractivity contribution in [1.82, 2.24) is 14.1 Å². The van der Waals surface area contributed by atoms with Gasteiger partial charge >= 0.3 is 0 Å². The summed E-state index contributed by atoms with van der Waals surface area (Å²) in [6.45, 7) is 0. The van der Waals surface area contributed by atoms with Crippen molar-refractivity contribution in [3.05, 3.63) is 175 Å². The lowest BCUT2D eigenvalue weighted by Crippen LogP contribution is -2.15. The Morgan fingerprint density at radius 2 is 1.17 bits per heavy atom. The van der Waals surface area contributed by atoms with Crippen LogP contribution in [0.15, 0.2) is 158 Å². The van der Waals surface area contributed by atoms with Crippen molar-refractivity contribution in [1.29, 1.82) is 0 Å². The predicted molar refractivity (Wildman–Crippen MR) is 199 cm³/mol. The zero-order chi connectivity index (χ0) is 31.3. The summed E-state index contributed by atoms with van der Waals surface area (Å²) in [7, 11) is 0. The van der Waals surface area contributed by atoms with Crippen LogP contribution in [0.25, 0.3) is 77.1 Å². The van der Waals surface area contributed by atoms with Crippen LogP contribution in [-0.4, -0.2) is 14.1 Å². The second-order valence-corrected chi connectivity index (χ2v) is 13.1. The zero-order valence-corrected chi connectivity index (χ0v) is 26.1. The van der Waals surface area contributed by atoms with Gasteiger partial charge in [-0.3, -0.25) is 4.98 Å². The molecule has 0 bridgehead atoms. The summed E-state index contributed by atoms with van der Waals surface area (Å²) in [5.74, 6) is 0. The smallest absolute Gasteiger partial charge is 0.0784 e. The lowest BCUT2D eigenvalue weighted by molar-refractivity contribution is 0.634. The number of benzene rings is 6. The van der Waals surface area contributed by atoms with E-state index in [-0.39, 0.29) is 6.04 Å². The number of fused-ring (bicyclic) bond motifs is 9. The molecular formula is C45H29N3. The van der Waals surface area contributed by atoms with E-state index in [2.05, 4.69) is 161 Å². The maximum absolute atomic E-state index is 4.87. The summed E-state index contributed by atoms with van der Waals surface area (Å²) in [5, 5.41) is 5.12. The molecule has 0 radical (unpaired) electrons. The molecule has 9 aromatic rings. The van der Waals surface area contributed by atoms with E-state index in [1.165, 1.54) is 88.3 Å². The van der Waals surface area contributed by atoms with Gasteiger partial charge in [-0.1, -0.05) is 97.1 Å². The fourth-order valence-electron chi connectivity index (χ4n) is 8.62. The third kappa shape index (κ3) is 3.50. The Morgan fingerprint density at radius 1 is 0.521 bits per heavy atom. The van der Waals surface area contributed by atoms with Gasteiger partial charge in [0.25, 0.3) is 0 Å². The number of hydrogen-bond acceptors (Lipinski definition) is 1. The Labute approximate surface area is 277 Å². The minimum atomic E-state index is 0.185. The van der Waals surface area contributed by atoms with Crippen molar-refractivity contribution in [3.63, 3.8) is 0 Å². The van der Waals surface area contributed by atoms with E-state index >= 15 is 0 Å². The van der Waals surface area contributed by atoms with Crippen molar-refractivity contribution in [2.24, 2.45) is 0 Å². The number of hydrogen-bond donors (Lipinski definition) is 0. The summed E-state index contributed by atoms with van der Waals surface area (Å²) >= 11 is 0. The van der Waals surface area contributed by atoms with Crippen LogP contribution in [-0.2, 0) is 6.42 Å². The molecule has 1 atom stereocenters. The molecule has 11 rings (SSSR count). The number of nitrogens with zero attached hydrogens (tertiary/aromatic N) is 3. The van der Waals surface area contributed by atoms with E-state index in [0.29, 0.717) is 0 Å². The maximum Gasteiger partial charge on any atom is 0.0784 e. The maximum atomic E-state index is 4.87. The monoisotopic (exact) mass is 611 g/mol. The Balaban J connectivity index is 1.09. The number of aromatic nitrogens is 3. The van der Waals surface area contributed by atoms with E-state index in [9.17, 15) is 0 Å². The van der Waals surface area contributed by atoms with Crippen molar-refractivity contribution in [3.8, 4) is 27.9 Å². The molecule has 0 aliphatic heterocycles. The van der Waals surface area contributed by atoms with E-state index in [1.54, 1.807) is 0 Å². The predicted octanol–water partition coefficient (Wildman–Crippen LogP) is 11.2. The van der Waals surface area contributed by atoms with E-state index < -0.39 is 0 Å². The lowest BCUT2D eigenvalue weighted by atomic mass is 9.88. The second-order valence-electron chi connectivity index (χ2n) is 13.1. The van der Waals surface area contributed by atoms with Gasteiger partial charge in [-0.05, 0) is 88.8 Å². The van der Waals surface area contributed by atoms with Gasteiger partial charge in [-0.2, -0.15) is 0 Å². The van der Waals surface area contributed by atoms with Crippen LogP contribution in [0.2, 0.25) is 0 Å². The molecule has 0 N–H and O–H groups in total. The molecule has 3 heterocycles. The van der Waals surface area contributed by atoms with Crippen molar-refractivity contribution < 1.29 is 0 Å². The number of rotatable bonds is 3. The normalized spacial score (nSPS) is 14.9. The van der Waals surface area contributed by atoms with Gasteiger partial charge in [0, 0.05) is 55.6 Å². The average molecular weight is 612 g/mol. The highest BCUT2D eigenvalue weighted by Gasteiger charge is 2.32. The molecule has 48 heavy (non-hydrogen) atoms. The minimum absolute atomic E-state index is 0.185. The Kier molecular flexibility index (Phi) is 5.22.